The lowest BCUT2D eigenvalue weighted by molar-refractivity contribution is 0.0827. The predicted octanol–water partition coefficient (Wildman–Crippen LogP) is 2.30. The molecule has 2 aromatic carbocycles. The molecule has 0 heterocycles. The van der Waals surface area contributed by atoms with E-state index in [4.69, 9.17) is 0 Å². The number of nitrogens with one attached hydrogen (secondary N) is 2. The van der Waals surface area contributed by atoms with Gasteiger partial charge in [0.15, 0.2) is 5.96 Å². The van der Waals surface area contributed by atoms with E-state index in [1.165, 1.54) is 5.56 Å². The zero-order chi connectivity index (χ0) is 18.1. The maximum absolute atomic E-state index is 12.0. The Hall–Kier alpha value is -2.82. The van der Waals surface area contributed by atoms with E-state index in [-0.39, 0.29) is 5.91 Å². The SMILES string of the molecule is CN=C(NCCc1cccc(C(=O)N(C)C)c1)NCc1ccccc1. The van der Waals surface area contributed by atoms with Crippen LogP contribution in [-0.2, 0) is 13.0 Å². The fourth-order valence-electron chi connectivity index (χ4n) is 2.45. The van der Waals surface area contributed by atoms with E-state index >= 15 is 0 Å². The highest BCUT2D eigenvalue weighted by Crippen LogP contribution is 2.07. The first-order valence-electron chi connectivity index (χ1n) is 8.39. The molecule has 2 rings (SSSR count). The fraction of sp³-hybridized carbons (Fsp3) is 0.300. The molecule has 132 valence electrons. The molecule has 25 heavy (non-hydrogen) atoms. The maximum atomic E-state index is 12.0. The number of amides is 1. The largest absolute Gasteiger partial charge is 0.356 e. The normalized spacial score (nSPS) is 11.1. The summed E-state index contributed by atoms with van der Waals surface area (Å²) in [5.74, 6) is 0.791. The molecule has 0 radical (unpaired) electrons. The van der Waals surface area contributed by atoms with Gasteiger partial charge in [0.1, 0.15) is 0 Å². The van der Waals surface area contributed by atoms with E-state index < -0.39 is 0 Å². The van der Waals surface area contributed by atoms with E-state index in [9.17, 15) is 4.79 Å². The number of hydrogen-bond acceptors (Lipinski definition) is 2. The van der Waals surface area contributed by atoms with Gasteiger partial charge in [-0.2, -0.15) is 0 Å². The van der Waals surface area contributed by atoms with Gasteiger partial charge < -0.3 is 15.5 Å². The second kappa shape index (κ2) is 9.47. The zero-order valence-electron chi connectivity index (χ0n) is 15.1. The molecule has 0 aliphatic rings. The van der Waals surface area contributed by atoms with Gasteiger partial charge in [0.05, 0.1) is 0 Å². The molecule has 0 unspecified atom stereocenters. The standard InChI is InChI=1S/C20H26N4O/c1-21-20(23-15-17-8-5-4-6-9-17)22-13-12-16-10-7-11-18(14-16)19(25)24(2)3/h4-11,14H,12-13,15H2,1-3H3,(H2,21,22,23). The van der Waals surface area contributed by atoms with Gasteiger partial charge in [-0.1, -0.05) is 42.5 Å². The third kappa shape index (κ3) is 5.95. The van der Waals surface area contributed by atoms with Gasteiger partial charge in [-0.15, -0.1) is 0 Å². The first-order valence-corrected chi connectivity index (χ1v) is 8.39. The summed E-state index contributed by atoms with van der Waals surface area (Å²) in [6.07, 6.45) is 0.820. The van der Waals surface area contributed by atoms with Gasteiger partial charge in [-0.05, 0) is 29.7 Å². The summed E-state index contributed by atoms with van der Waals surface area (Å²) in [4.78, 5) is 17.9. The third-order valence-corrected chi connectivity index (χ3v) is 3.81. The summed E-state index contributed by atoms with van der Waals surface area (Å²) in [6, 6.07) is 18.0. The van der Waals surface area contributed by atoms with Gasteiger partial charge in [0.2, 0.25) is 0 Å². The van der Waals surface area contributed by atoms with Crippen molar-refractivity contribution in [2.24, 2.45) is 4.99 Å². The third-order valence-electron chi connectivity index (χ3n) is 3.81. The lowest BCUT2D eigenvalue weighted by Crippen LogP contribution is -2.37. The molecule has 0 saturated carbocycles. The van der Waals surface area contributed by atoms with Crippen LogP contribution in [0.25, 0.3) is 0 Å². The van der Waals surface area contributed by atoms with Crippen LogP contribution in [0.4, 0.5) is 0 Å². The molecule has 0 spiro atoms. The molecule has 2 N–H and O–H groups in total. The molecule has 0 saturated heterocycles. The monoisotopic (exact) mass is 338 g/mol. The Labute approximate surface area is 149 Å². The molecule has 1 amide bonds. The van der Waals surface area contributed by atoms with E-state index in [2.05, 4.69) is 27.8 Å². The highest BCUT2D eigenvalue weighted by atomic mass is 16.2. The lowest BCUT2D eigenvalue weighted by Gasteiger charge is -2.13. The van der Waals surface area contributed by atoms with Crippen molar-refractivity contribution in [3.8, 4) is 0 Å². The molecular weight excluding hydrogens is 312 g/mol. The second-order valence-corrected chi connectivity index (χ2v) is 5.99. The first-order chi connectivity index (χ1) is 12.1. The second-order valence-electron chi connectivity index (χ2n) is 5.99. The number of nitrogens with zero attached hydrogens (tertiary/aromatic N) is 2. The van der Waals surface area contributed by atoms with Gasteiger partial charge in [0, 0.05) is 39.8 Å². The molecule has 0 atom stereocenters. The lowest BCUT2D eigenvalue weighted by atomic mass is 10.1. The van der Waals surface area contributed by atoms with Crippen molar-refractivity contribution < 1.29 is 4.79 Å². The van der Waals surface area contributed by atoms with E-state index in [1.54, 1.807) is 26.0 Å². The molecular formula is C20H26N4O. The molecule has 2 aromatic rings. The molecule has 0 bridgehead atoms. The van der Waals surface area contributed by atoms with Crippen LogP contribution in [0, 0.1) is 0 Å². The Morgan fingerprint density at radius 1 is 1.00 bits per heavy atom. The van der Waals surface area contributed by atoms with E-state index in [1.807, 2.05) is 42.5 Å². The minimum atomic E-state index is 0.0233. The molecule has 5 heteroatoms. The number of hydrogen-bond donors (Lipinski definition) is 2. The highest BCUT2D eigenvalue weighted by molar-refractivity contribution is 5.94. The zero-order valence-corrected chi connectivity index (χ0v) is 15.1. The van der Waals surface area contributed by atoms with Gasteiger partial charge in [0.25, 0.3) is 5.91 Å². The quantitative estimate of drug-likeness (QED) is 0.628. The summed E-state index contributed by atoms with van der Waals surface area (Å²) in [5, 5.41) is 6.60. The number of carbonyl (C=O) groups is 1. The van der Waals surface area contributed by atoms with Crippen LogP contribution in [-0.4, -0.2) is 44.5 Å². The van der Waals surface area contributed by atoms with Gasteiger partial charge in [-0.3, -0.25) is 9.79 Å². The Bertz CT molecular complexity index is 711. The van der Waals surface area contributed by atoms with Crippen LogP contribution in [0.1, 0.15) is 21.5 Å². The summed E-state index contributed by atoms with van der Waals surface area (Å²) in [7, 11) is 5.29. The van der Waals surface area contributed by atoms with Crippen LogP contribution in [0.15, 0.2) is 59.6 Å². The number of carbonyl (C=O) groups excluding carboxylic acids is 1. The minimum Gasteiger partial charge on any atom is -0.356 e. The summed E-state index contributed by atoms with van der Waals surface area (Å²) in [5.41, 5.74) is 3.05. The number of guanidine groups is 1. The molecule has 0 aliphatic carbocycles. The van der Waals surface area contributed by atoms with Crippen LogP contribution in [0.3, 0.4) is 0 Å². The van der Waals surface area contributed by atoms with E-state index in [0.29, 0.717) is 5.56 Å². The maximum Gasteiger partial charge on any atom is 0.253 e. The van der Waals surface area contributed by atoms with Crippen LogP contribution in [0.5, 0.6) is 0 Å². The Kier molecular flexibility index (Phi) is 7.01. The topological polar surface area (TPSA) is 56.7 Å². The fourth-order valence-corrected chi connectivity index (χ4v) is 2.45. The summed E-state index contributed by atoms with van der Waals surface area (Å²) >= 11 is 0. The van der Waals surface area contributed by atoms with Gasteiger partial charge in [-0.25, -0.2) is 0 Å². The Balaban J connectivity index is 1.82. The molecule has 5 nitrogen and oxygen atoms in total. The first kappa shape index (κ1) is 18.5. The van der Waals surface area contributed by atoms with Gasteiger partial charge >= 0.3 is 0 Å². The van der Waals surface area contributed by atoms with Crippen LogP contribution >= 0.6 is 0 Å². The van der Waals surface area contributed by atoms with E-state index in [0.717, 1.165) is 31.0 Å². The van der Waals surface area contributed by atoms with Crippen LogP contribution < -0.4 is 10.6 Å². The minimum absolute atomic E-state index is 0.0233. The molecule has 0 aromatic heterocycles. The van der Waals surface area contributed by atoms with Crippen molar-refractivity contribution in [2.45, 2.75) is 13.0 Å². The Morgan fingerprint density at radius 2 is 1.72 bits per heavy atom. The van der Waals surface area contributed by atoms with Crippen LogP contribution in [0.2, 0.25) is 0 Å². The smallest absolute Gasteiger partial charge is 0.253 e. The predicted molar refractivity (Wildman–Crippen MR) is 103 cm³/mol. The Morgan fingerprint density at radius 3 is 2.40 bits per heavy atom. The van der Waals surface area contributed by atoms with Crippen molar-refractivity contribution in [1.29, 1.82) is 0 Å². The van der Waals surface area contributed by atoms with Crippen molar-refractivity contribution in [3.63, 3.8) is 0 Å². The molecule has 0 aliphatic heterocycles. The van der Waals surface area contributed by atoms with Crippen molar-refractivity contribution in [1.82, 2.24) is 15.5 Å². The number of aliphatic imine (C=N–C) groups is 1. The molecule has 0 fully saturated rings. The highest BCUT2D eigenvalue weighted by Gasteiger charge is 2.08. The van der Waals surface area contributed by atoms with Crippen molar-refractivity contribution >= 4 is 11.9 Å². The average molecular weight is 338 g/mol. The summed E-state index contributed by atoms with van der Waals surface area (Å²) in [6.45, 7) is 1.47. The van der Waals surface area contributed by atoms with Crippen molar-refractivity contribution in [2.75, 3.05) is 27.7 Å². The summed E-state index contributed by atoms with van der Waals surface area (Å²) < 4.78 is 0. The number of benzene rings is 2. The van der Waals surface area contributed by atoms with Crippen molar-refractivity contribution in [3.05, 3.63) is 71.3 Å². The number of rotatable bonds is 6. The average Bonchev–Trinajstić information content (AvgIpc) is 2.64.